The standard InChI is InChI=1S/C17H22ClN3/c1-4-12(2)21-7-5-6-13-8-15(16(18)9-17(13)21)14-10-19-20(3)11-14/h8-12H,4-7H2,1-3H3. The molecule has 0 saturated heterocycles. The van der Waals surface area contributed by atoms with Gasteiger partial charge in [-0.1, -0.05) is 18.5 Å². The first-order valence-electron chi connectivity index (χ1n) is 7.68. The monoisotopic (exact) mass is 303 g/mol. The van der Waals surface area contributed by atoms with Gasteiger partial charge < -0.3 is 4.90 Å². The van der Waals surface area contributed by atoms with Gasteiger partial charge in [-0.05, 0) is 43.9 Å². The number of anilines is 1. The van der Waals surface area contributed by atoms with Crippen molar-refractivity contribution in [3.05, 3.63) is 35.1 Å². The lowest BCUT2D eigenvalue weighted by molar-refractivity contribution is 0.580. The molecule has 1 atom stereocenters. The maximum atomic E-state index is 6.55. The second kappa shape index (κ2) is 5.72. The van der Waals surface area contributed by atoms with Crippen LogP contribution in [0.4, 0.5) is 5.69 Å². The molecule has 0 saturated carbocycles. The highest BCUT2D eigenvalue weighted by molar-refractivity contribution is 6.33. The summed E-state index contributed by atoms with van der Waals surface area (Å²) in [5.41, 5.74) is 4.90. The zero-order valence-electron chi connectivity index (χ0n) is 12.9. The molecular formula is C17H22ClN3. The number of benzene rings is 1. The fraction of sp³-hybridized carbons (Fsp3) is 0.471. The minimum Gasteiger partial charge on any atom is -0.369 e. The van der Waals surface area contributed by atoms with Crippen LogP contribution in [0.3, 0.4) is 0 Å². The number of aromatic nitrogens is 2. The van der Waals surface area contributed by atoms with E-state index in [4.69, 9.17) is 11.6 Å². The number of hydrogen-bond donors (Lipinski definition) is 0. The molecule has 0 N–H and O–H groups in total. The highest BCUT2D eigenvalue weighted by atomic mass is 35.5. The van der Waals surface area contributed by atoms with Crippen LogP contribution < -0.4 is 4.90 Å². The summed E-state index contributed by atoms with van der Waals surface area (Å²) in [7, 11) is 1.93. The third-order valence-electron chi connectivity index (χ3n) is 4.46. The molecule has 0 bridgehead atoms. The van der Waals surface area contributed by atoms with Gasteiger partial charge in [0.1, 0.15) is 0 Å². The van der Waals surface area contributed by atoms with Gasteiger partial charge >= 0.3 is 0 Å². The minimum absolute atomic E-state index is 0.560. The van der Waals surface area contributed by atoms with Gasteiger partial charge in [0.15, 0.2) is 0 Å². The average molecular weight is 304 g/mol. The Hall–Kier alpha value is -1.48. The Bertz CT molecular complexity index is 647. The number of rotatable bonds is 3. The van der Waals surface area contributed by atoms with E-state index >= 15 is 0 Å². The summed E-state index contributed by atoms with van der Waals surface area (Å²) < 4.78 is 1.82. The molecule has 1 aromatic heterocycles. The summed E-state index contributed by atoms with van der Waals surface area (Å²) in [6, 6.07) is 4.96. The Morgan fingerprint density at radius 3 is 2.86 bits per heavy atom. The van der Waals surface area contributed by atoms with Gasteiger partial charge in [-0.15, -0.1) is 0 Å². The van der Waals surface area contributed by atoms with Crippen molar-refractivity contribution < 1.29 is 0 Å². The quantitative estimate of drug-likeness (QED) is 0.843. The summed E-state index contributed by atoms with van der Waals surface area (Å²) in [6.45, 7) is 5.66. The Kier molecular flexibility index (Phi) is 3.94. The van der Waals surface area contributed by atoms with E-state index < -0.39 is 0 Å². The number of aryl methyl sites for hydroxylation is 2. The van der Waals surface area contributed by atoms with Crippen molar-refractivity contribution in [3.8, 4) is 11.1 Å². The number of hydrogen-bond acceptors (Lipinski definition) is 2. The number of fused-ring (bicyclic) bond motifs is 1. The predicted octanol–water partition coefficient (Wildman–Crippen LogP) is 4.29. The minimum atomic E-state index is 0.560. The van der Waals surface area contributed by atoms with Crippen LogP contribution in [-0.4, -0.2) is 22.4 Å². The molecule has 112 valence electrons. The highest BCUT2D eigenvalue weighted by Crippen LogP contribution is 2.38. The third-order valence-corrected chi connectivity index (χ3v) is 4.77. The molecule has 21 heavy (non-hydrogen) atoms. The van der Waals surface area contributed by atoms with Gasteiger partial charge in [-0.25, -0.2) is 0 Å². The van der Waals surface area contributed by atoms with Crippen LogP contribution in [0, 0.1) is 0 Å². The summed E-state index contributed by atoms with van der Waals surface area (Å²) >= 11 is 6.55. The molecule has 1 aliphatic heterocycles. The van der Waals surface area contributed by atoms with E-state index in [9.17, 15) is 0 Å². The van der Waals surface area contributed by atoms with E-state index in [0.29, 0.717) is 6.04 Å². The molecule has 1 aromatic carbocycles. The summed E-state index contributed by atoms with van der Waals surface area (Å²) in [5.74, 6) is 0. The second-order valence-electron chi connectivity index (χ2n) is 5.92. The first-order valence-corrected chi connectivity index (χ1v) is 8.06. The van der Waals surface area contributed by atoms with Crippen molar-refractivity contribution in [1.82, 2.24) is 9.78 Å². The van der Waals surface area contributed by atoms with Gasteiger partial charge in [0.25, 0.3) is 0 Å². The van der Waals surface area contributed by atoms with Crippen LogP contribution in [0.2, 0.25) is 5.02 Å². The first kappa shape index (κ1) is 14.5. The zero-order chi connectivity index (χ0) is 15.0. The maximum absolute atomic E-state index is 6.55. The van der Waals surface area contributed by atoms with E-state index in [-0.39, 0.29) is 0 Å². The smallest absolute Gasteiger partial charge is 0.0568 e. The largest absolute Gasteiger partial charge is 0.369 e. The van der Waals surface area contributed by atoms with Crippen LogP contribution in [0.5, 0.6) is 0 Å². The molecule has 2 aromatic rings. The van der Waals surface area contributed by atoms with E-state index in [1.807, 2.05) is 24.1 Å². The molecular weight excluding hydrogens is 282 g/mol. The van der Waals surface area contributed by atoms with Gasteiger partial charge in [0.2, 0.25) is 0 Å². The summed E-state index contributed by atoms with van der Waals surface area (Å²) in [5, 5.41) is 5.07. The Labute approximate surface area is 131 Å². The molecule has 4 heteroatoms. The Morgan fingerprint density at radius 2 is 2.19 bits per heavy atom. The van der Waals surface area contributed by atoms with Crippen molar-refractivity contribution in [3.63, 3.8) is 0 Å². The number of halogens is 1. The molecule has 0 aliphatic carbocycles. The van der Waals surface area contributed by atoms with Crippen molar-refractivity contribution in [1.29, 1.82) is 0 Å². The lowest BCUT2D eigenvalue weighted by Crippen LogP contribution is -2.36. The molecule has 2 heterocycles. The highest BCUT2D eigenvalue weighted by Gasteiger charge is 2.22. The molecule has 0 amide bonds. The Morgan fingerprint density at radius 1 is 1.38 bits per heavy atom. The molecule has 1 aliphatic rings. The van der Waals surface area contributed by atoms with Crippen molar-refractivity contribution >= 4 is 17.3 Å². The molecule has 0 radical (unpaired) electrons. The number of nitrogens with zero attached hydrogens (tertiary/aromatic N) is 3. The SMILES string of the molecule is CCC(C)N1CCCc2cc(-c3cnn(C)c3)c(Cl)cc21. The van der Waals surface area contributed by atoms with Crippen LogP contribution >= 0.6 is 11.6 Å². The molecule has 3 nitrogen and oxygen atoms in total. The van der Waals surface area contributed by atoms with Gasteiger partial charge in [-0.3, -0.25) is 4.68 Å². The molecule has 3 rings (SSSR count). The van der Waals surface area contributed by atoms with Crippen molar-refractivity contribution in [2.45, 2.75) is 39.2 Å². The van der Waals surface area contributed by atoms with Crippen LogP contribution in [0.15, 0.2) is 24.5 Å². The third kappa shape index (κ3) is 2.67. The second-order valence-corrected chi connectivity index (χ2v) is 6.32. The fourth-order valence-electron chi connectivity index (χ4n) is 3.10. The lowest BCUT2D eigenvalue weighted by atomic mass is 9.96. The normalized spacial score (nSPS) is 15.9. The van der Waals surface area contributed by atoms with Crippen LogP contribution in [0.1, 0.15) is 32.3 Å². The first-order chi connectivity index (χ1) is 10.1. The topological polar surface area (TPSA) is 21.1 Å². The van der Waals surface area contributed by atoms with Crippen LogP contribution in [0.25, 0.3) is 11.1 Å². The maximum Gasteiger partial charge on any atom is 0.0568 e. The predicted molar refractivity (Wildman–Crippen MR) is 89.1 cm³/mol. The molecule has 0 fully saturated rings. The average Bonchev–Trinajstić information content (AvgIpc) is 2.91. The molecule has 0 spiro atoms. The van der Waals surface area contributed by atoms with Crippen molar-refractivity contribution in [2.75, 3.05) is 11.4 Å². The lowest BCUT2D eigenvalue weighted by Gasteiger charge is -2.36. The summed E-state index contributed by atoms with van der Waals surface area (Å²) in [4.78, 5) is 2.50. The summed E-state index contributed by atoms with van der Waals surface area (Å²) in [6.07, 6.45) is 7.39. The van der Waals surface area contributed by atoms with Gasteiger partial charge in [0.05, 0.1) is 11.2 Å². The fourth-order valence-corrected chi connectivity index (χ4v) is 3.36. The van der Waals surface area contributed by atoms with Gasteiger partial charge in [0, 0.05) is 42.6 Å². The van der Waals surface area contributed by atoms with E-state index in [1.54, 1.807) is 0 Å². The Balaban J connectivity index is 2.05. The zero-order valence-corrected chi connectivity index (χ0v) is 13.7. The van der Waals surface area contributed by atoms with E-state index in [2.05, 4.69) is 36.0 Å². The van der Waals surface area contributed by atoms with E-state index in [1.165, 1.54) is 17.7 Å². The van der Waals surface area contributed by atoms with Gasteiger partial charge in [-0.2, -0.15) is 5.10 Å². The van der Waals surface area contributed by atoms with Crippen molar-refractivity contribution in [2.24, 2.45) is 7.05 Å². The molecule has 1 unspecified atom stereocenters. The van der Waals surface area contributed by atoms with Crippen LogP contribution in [-0.2, 0) is 13.5 Å². The van der Waals surface area contributed by atoms with E-state index in [0.717, 1.165) is 35.5 Å².